The van der Waals surface area contributed by atoms with E-state index in [1.54, 1.807) is 44.7 Å². The number of hydrogen-bond acceptors (Lipinski definition) is 4. The zero-order valence-corrected chi connectivity index (χ0v) is 15.4. The number of amides is 3. The molecule has 1 heterocycles. The lowest BCUT2D eigenvalue weighted by atomic mass is 10.1. The zero-order chi connectivity index (χ0) is 19.1. The lowest BCUT2D eigenvalue weighted by Gasteiger charge is -2.17. The van der Waals surface area contributed by atoms with Crippen molar-refractivity contribution in [1.29, 1.82) is 0 Å². The molecule has 0 saturated carbocycles. The molecule has 0 bridgehead atoms. The van der Waals surface area contributed by atoms with E-state index in [4.69, 9.17) is 4.74 Å². The number of anilines is 1. The molecule has 0 saturated heterocycles. The summed E-state index contributed by atoms with van der Waals surface area (Å²) in [7, 11) is 4.82. The maximum atomic E-state index is 12.3. The van der Waals surface area contributed by atoms with Crippen LogP contribution in [0.15, 0.2) is 42.7 Å². The van der Waals surface area contributed by atoms with Crippen molar-refractivity contribution in [2.75, 3.05) is 26.5 Å². The van der Waals surface area contributed by atoms with Gasteiger partial charge in [0.15, 0.2) is 0 Å². The fraction of sp³-hybridized carbons (Fsp3) is 0.316. The Labute approximate surface area is 153 Å². The number of pyridine rings is 1. The third kappa shape index (κ3) is 5.20. The van der Waals surface area contributed by atoms with Crippen molar-refractivity contribution in [2.45, 2.75) is 19.4 Å². The monoisotopic (exact) mass is 356 g/mol. The van der Waals surface area contributed by atoms with Crippen LogP contribution in [0.3, 0.4) is 0 Å². The predicted molar refractivity (Wildman–Crippen MR) is 101 cm³/mol. The highest BCUT2D eigenvalue weighted by molar-refractivity contribution is 5.99. The van der Waals surface area contributed by atoms with Crippen molar-refractivity contribution in [1.82, 2.24) is 15.2 Å². The summed E-state index contributed by atoms with van der Waals surface area (Å²) in [5.74, 6) is 0.260. The standard InChI is InChI=1S/C19H24N4O3/c1-13(10-14-6-5-9-20-12-14)21-19(25)22-15-7-8-17(26-4)16(11-15)18(24)23(2)3/h5-9,11-13H,10H2,1-4H3,(H2,21,22,25)/t13-/m0/s1. The van der Waals surface area contributed by atoms with Gasteiger partial charge in [-0.3, -0.25) is 9.78 Å². The van der Waals surface area contributed by atoms with Gasteiger partial charge >= 0.3 is 6.03 Å². The number of aromatic nitrogens is 1. The molecule has 0 aliphatic carbocycles. The van der Waals surface area contributed by atoms with Crippen molar-refractivity contribution in [3.05, 3.63) is 53.9 Å². The lowest BCUT2D eigenvalue weighted by Crippen LogP contribution is -2.37. The van der Waals surface area contributed by atoms with Crippen LogP contribution in [0.4, 0.5) is 10.5 Å². The number of urea groups is 1. The molecule has 0 fully saturated rings. The molecule has 138 valence electrons. The van der Waals surface area contributed by atoms with E-state index in [0.29, 0.717) is 23.4 Å². The minimum Gasteiger partial charge on any atom is -0.496 e. The van der Waals surface area contributed by atoms with Crippen LogP contribution in [0.25, 0.3) is 0 Å². The topological polar surface area (TPSA) is 83.6 Å². The number of hydrogen-bond donors (Lipinski definition) is 2. The summed E-state index contributed by atoms with van der Waals surface area (Å²) in [6.07, 6.45) is 4.16. The first-order valence-corrected chi connectivity index (χ1v) is 8.26. The number of carbonyl (C=O) groups excluding carboxylic acids is 2. The molecular weight excluding hydrogens is 332 g/mol. The third-order valence-electron chi connectivity index (χ3n) is 3.74. The average molecular weight is 356 g/mol. The molecule has 7 heteroatoms. The van der Waals surface area contributed by atoms with Crippen molar-refractivity contribution in [3.63, 3.8) is 0 Å². The second-order valence-electron chi connectivity index (χ2n) is 6.18. The number of nitrogens with one attached hydrogen (secondary N) is 2. The first-order chi connectivity index (χ1) is 12.4. The molecule has 2 N–H and O–H groups in total. The number of ether oxygens (including phenoxy) is 1. The number of rotatable bonds is 6. The number of carbonyl (C=O) groups is 2. The number of nitrogens with zero attached hydrogens (tertiary/aromatic N) is 2. The van der Waals surface area contributed by atoms with Crippen molar-refractivity contribution in [3.8, 4) is 5.75 Å². The average Bonchev–Trinajstić information content (AvgIpc) is 2.61. The van der Waals surface area contributed by atoms with Crippen LogP contribution in [0, 0.1) is 0 Å². The van der Waals surface area contributed by atoms with E-state index >= 15 is 0 Å². The van der Waals surface area contributed by atoms with Crippen LogP contribution in [0.1, 0.15) is 22.8 Å². The van der Waals surface area contributed by atoms with Gasteiger partial charge < -0.3 is 20.3 Å². The first kappa shape index (κ1) is 19.2. The van der Waals surface area contributed by atoms with Crippen LogP contribution >= 0.6 is 0 Å². The summed E-state index contributed by atoms with van der Waals surface area (Å²) >= 11 is 0. The summed E-state index contributed by atoms with van der Waals surface area (Å²) < 4.78 is 5.23. The molecule has 2 rings (SSSR count). The highest BCUT2D eigenvalue weighted by Crippen LogP contribution is 2.23. The van der Waals surface area contributed by atoms with Gasteiger partial charge in [0.05, 0.1) is 12.7 Å². The molecule has 1 atom stereocenters. The van der Waals surface area contributed by atoms with Gasteiger partial charge in [0.25, 0.3) is 5.91 Å². The molecule has 0 radical (unpaired) electrons. The molecule has 1 aromatic carbocycles. The minimum atomic E-state index is -0.338. The van der Waals surface area contributed by atoms with Gasteiger partial charge in [-0.2, -0.15) is 0 Å². The van der Waals surface area contributed by atoms with Crippen molar-refractivity contribution < 1.29 is 14.3 Å². The fourth-order valence-electron chi connectivity index (χ4n) is 2.51. The minimum absolute atomic E-state index is 0.0691. The van der Waals surface area contributed by atoms with E-state index in [2.05, 4.69) is 15.6 Å². The third-order valence-corrected chi connectivity index (χ3v) is 3.74. The molecule has 2 aromatic rings. The van der Waals surface area contributed by atoms with Gasteiger partial charge in [-0.15, -0.1) is 0 Å². The molecular formula is C19H24N4O3. The fourth-order valence-corrected chi connectivity index (χ4v) is 2.51. The Morgan fingerprint density at radius 3 is 2.65 bits per heavy atom. The molecule has 0 aliphatic heterocycles. The number of methoxy groups -OCH3 is 1. The summed E-state index contributed by atoms with van der Waals surface area (Å²) in [4.78, 5) is 30.0. The van der Waals surface area contributed by atoms with E-state index in [-0.39, 0.29) is 18.0 Å². The maximum Gasteiger partial charge on any atom is 0.319 e. The largest absolute Gasteiger partial charge is 0.496 e. The molecule has 1 aromatic heterocycles. The number of benzene rings is 1. The Kier molecular flexibility index (Phi) is 6.54. The Morgan fingerprint density at radius 1 is 1.27 bits per heavy atom. The molecule has 7 nitrogen and oxygen atoms in total. The van der Waals surface area contributed by atoms with Crippen molar-refractivity contribution in [2.24, 2.45) is 0 Å². The van der Waals surface area contributed by atoms with Gasteiger partial charge in [-0.25, -0.2) is 4.79 Å². The predicted octanol–water partition coefficient (Wildman–Crippen LogP) is 2.54. The Morgan fingerprint density at radius 2 is 2.04 bits per heavy atom. The Balaban J connectivity index is 2.02. The van der Waals surface area contributed by atoms with Gasteiger partial charge in [-0.05, 0) is 43.2 Å². The van der Waals surface area contributed by atoms with Crippen LogP contribution in [0.5, 0.6) is 5.75 Å². The normalized spacial score (nSPS) is 11.4. The highest BCUT2D eigenvalue weighted by atomic mass is 16.5. The van der Waals surface area contributed by atoms with E-state index in [9.17, 15) is 9.59 Å². The summed E-state index contributed by atoms with van der Waals surface area (Å²) in [5.41, 5.74) is 1.95. The van der Waals surface area contributed by atoms with Crippen LogP contribution in [-0.2, 0) is 6.42 Å². The lowest BCUT2D eigenvalue weighted by molar-refractivity contribution is 0.0824. The second-order valence-corrected chi connectivity index (χ2v) is 6.18. The van der Waals surface area contributed by atoms with Gasteiger partial charge in [0.1, 0.15) is 5.75 Å². The SMILES string of the molecule is COc1ccc(NC(=O)N[C@@H](C)Cc2cccnc2)cc1C(=O)N(C)C. The van der Waals surface area contributed by atoms with E-state index < -0.39 is 0 Å². The van der Waals surface area contributed by atoms with Gasteiger partial charge in [0, 0.05) is 38.2 Å². The summed E-state index contributed by atoms with van der Waals surface area (Å²) in [5, 5.41) is 5.62. The Bertz CT molecular complexity index is 763. The smallest absolute Gasteiger partial charge is 0.319 e. The maximum absolute atomic E-state index is 12.3. The van der Waals surface area contributed by atoms with Crippen molar-refractivity contribution >= 4 is 17.6 Å². The van der Waals surface area contributed by atoms with Gasteiger partial charge in [0.2, 0.25) is 0 Å². The quantitative estimate of drug-likeness (QED) is 0.833. The molecule has 26 heavy (non-hydrogen) atoms. The van der Waals surface area contributed by atoms with E-state index in [1.807, 2.05) is 19.1 Å². The highest BCUT2D eigenvalue weighted by Gasteiger charge is 2.16. The van der Waals surface area contributed by atoms with E-state index in [1.165, 1.54) is 12.0 Å². The summed E-state index contributed by atoms with van der Waals surface area (Å²) in [6, 6.07) is 8.37. The van der Waals surface area contributed by atoms with Crippen LogP contribution < -0.4 is 15.4 Å². The van der Waals surface area contributed by atoms with Crippen LogP contribution in [-0.4, -0.2) is 49.1 Å². The second kappa shape index (κ2) is 8.84. The van der Waals surface area contributed by atoms with E-state index in [0.717, 1.165) is 5.56 Å². The molecule has 0 aliphatic rings. The van der Waals surface area contributed by atoms with Crippen LogP contribution in [0.2, 0.25) is 0 Å². The Hall–Kier alpha value is -3.09. The first-order valence-electron chi connectivity index (χ1n) is 8.26. The molecule has 3 amide bonds. The molecule has 0 unspecified atom stereocenters. The van der Waals surface area contributed by atoms with Gasteiger partial charge in [-0.1, -0.05) is 6.07 Å². The summed E-state index contributed by atoms with van der Waals surface area (Å²) in [6.45, 7) is 1.92. The molecule has 0 spiro atoms. The zero-order valence-electron chi connectivity index (χ0n) is 15.4.